The van der Waals surface area contributed by atoms with Gasteiger partial charge in [0.15, 0.2) is 11.0 Å². The highest BCUT2D eigenvalue weighted by molar-refractivity contribution is 8.00. The Morgan fingerprint density at radius 3 is 2.83 bits per heavy atom. The molecule has 0 aliphatic heterocycles. The molecule has 3 rings (SSSR count). The van der Waals surface area contributed by atoms with Gasteiger partial charge in [0.05, 0.1) is 20.8 Å². The van der Waals surface area contributed by atoms with Crippen LogP contribution in [0, 0.1) is 5.82 Å². The van der Waals surface area contributed by atoms with E-state index in [2.05, 4.69) is 15.5 Å². The highest BCUT2D eigenvalue weighted by Crippen LogP contribution is 2.30. The number of amides is 2. The number of primary amides is 1. The Morgan fingerprint density at radius 2 is 2.17 bits per heavy atom. The third-order valence-corrected chi connectivity index (χ3v) is 6.14. The zero-order chi connectivity index (χ0) is 21.0. The Bertz CT molecular complexity index is 1030. The Balaban J connectivity index is 1.77. The van der Waals surface area contributed by atoms with Crippen molar-refractivity contribution in [2.24, 2.45) is 5.73 Å². The second-order valence-electron chi connectivity index (χ2n) is 6.02. The molecule has 0 aliphatic rings. The third-order valence-electron chi connectivity index (χ3n) is 3.88. The summed E-state index contributed by atoms with van der Waals surface area (Å²) < 4.78 is 14.9. The first kappa shape index (κ1) is 21.3. The van der Waals surface area contributed by atoms with Gasteiger partial charge < -0.3 is 15.6 Å². The van der Waals surface area contributed by atoms with E-state index < -0.39 is 17.0 Å². The van der Waals surface area contributed by atoms with Gasteiger partial charge in [-0.2, -0.15) is 0 Å². The maximum atomic E-state index is 13.2. The van der Waals surface area contributed by atoms with Gasteiger partial charge in [-0.3, -0.25) is 9.59 Å². The lowest BCUT2D eigenvalue weighted by molar-refractivity contribution is -0.118. The van der Waals surface area contributed by atoms with Crippen LogP contribution in [0.4, 0.5) is 10.1 Å². The topological polar surface area (TPSA) is 103 Å². The lowest BCUT2D eigenvalue weighted by Gasteiger charge is -2.14. The molecule has 2 aromatic heterocycles. The number of carbonyl (C=O) groups excluding carboxylic acids is 2. The fraction of sp³-hybridized carbons (Fsp3) is 0.222. The molecule has 29 heavy (non-hydrogen) atoms. The van der Waals surface area contributed by atoms with Crippen molar-refractivity contribution in [3.8, 4) is 10.7 Å². The molecule has 2 amide bonds. The first-order valence-electron chi connectivity index (χ1n) is 8.53. The highest BCUT2D eigenvalue weighted by atomic mass is 35.5. The maximum Gasteiger partial charge on any atom is 0.237 e. The molecule has 0 aliphatic carbocycles. The molecule has 3 N–H and O–H groups in total. The number of nitrogens with one attached hydrogen (secondary N) is 1. The number of nitrogens with two attached hydrogens (primary N) is 1. The molecule has 1 atom stereocenters. The summed E-state index contributed by atoms with van der Waals surface area (Å²) in [6.45, 7) is 2.01. The van der Waals surface area contributed by atoms with Crippen molar-refractivity contribution in [2.45, 2.75) is 30.3 Å². The zero-order valence-corrected chi connectivity index (χ0v) is 17.7. The van der Waals surface area contributed by atoms with Crippen LogP contribution in [0.15, 0.2) is 40.9 Å². The number of hydrogen-bond donors (Lipinski definition) is 2. The van der Waals surface area contributed by atoms with Gasteiger partial charge in [0, 0.05) is 13.0 Å². The second-order valence-corrected chi connectivity index (χ2v) is 8.69. The largest absolute Gasteiger partial charge is 0.370 e. The smallest absolute Gasteiger partial charge is 0.237 e. The van der Waals surface area contributed by atoms with Gasteiger partial charge in [0.25, 0.3) is 0 Å². The third kappa shape index (κ3) is 5.34. The summed E-state index contributed by atoms with van der Waals surface area (Å²) >= 11 is 8.65. The number of hydrogen-bond acceptors (Lipinski definition) is 6. The van der Waals surface area contributed by atoms with E-state index in [1.54, 1.807) is 11.5 Å². The van der Waals surface area contributed by atoms with E-state index in [0.717, 1.165) is 10.9 Å². The first-order chi connectivity index (χ1) is 13.8. The van der Waals surface area contributed by atoms with Crippen LogP contribution in [0.25, 0.3) is 10.7 Å². The zero-order valence-electron chi connectivity index (χ0n) is 15.3. The number of halogens is 2. The van der Waals surface area contributed by atoms with Crippen LogP contribution in [0.3, 0.4) is 0 Å². The average Bonchev–Trinajstić information content (AvgIpc) is 3.31. The summed E-state index contributed by atoms with van der Waals surface area (Å²) in [5, 5.41) is 13.0. The summed E-state index contributed by atoms with van der Waals surface area (Å²) in [5.74, 6) is -0.647. The van der Waals surface area contributed by atoms with Crippen molar-refractivity contribution >= 4 is 52.2 Å². The van der Waals surface area contributed by atoms with Crippen molar-refractivity contribution in [2.75, 3.05) is 5.32 Å². The SMILES string of the molecule is CC(Sc1nnc(-c2cccs2)n1CCC(N)=O)C(=O)Nc1ccc(F)cc1Cl. The fourth-order valence-corrected chi connectivity index (χ4v) is 4.23. The number of aromatic nitrogens is 3. The van der Waals surface area contributed by atoms with Crippen LogP contribution in [0.5, 0.6) is 0 Å². The number of thiophene rings is 1. The van der Waals surface area contributed by atoms with Crippen LogP contribution < -0.4 is 11.1 Å². The Morgan fingerprint density at radius 1 is 1.38 bits per heavy atom. The van der Waals surface area contributed by atoms with Gasteiger partial charge in [-0.1, -0.05) is 29.4 Å². The lowest BCUT2D eigenvalue weighted by Crippen LogP contribution is -2.23. The van der Waals surface area contributed by atoms with Crippen molar-refractivity contribution in [1.29, 1.82) is 0 Å². The van der Waals surface area contributed by atoms with Crippen LogP contribution in [-0.2, 0) is 16.1 Å². The highest BCUT2D eigenvalue weighted by Gasteiger charge is 2.22. The Kier molecular flexibility index (Phi) is 6.88. The van der Waals surface area contributed by atoms with E-state index in [-0.39, 0.29) is 17.4 Å². The molecule has 0 bridgehead atoms. The molecule has 2 heterocycles. The predicted octanol–water partition coefficient (Wildman–Crippen LogP) is 3.79. The number of nitrogens with zero attached hydrogens (tertiary/aromatic N) is 3. The molecule has 0 radical (unpaired) electrons. The van der Waals surface area contributed by atoms with Crippen molar-refractivity contribution in [3.63, 3.8) is 0 Å². The summed E-state index contributed by atoms with van der Waals surface area (Å²) in [7, 11) is 0. The van der Waals surface area contributed by atoms with Gasteiger partial charge in [0.1, 0.15) is 5.82 Å². The predicted molar refractivity (Wildman–Crippen MR) is 113 cm³/mol. The minimum atomic E-state index is -0.552. The Labute approximate surface area is 179 Å². The summed E-state index contributed by atoms with van der Waals surface area (Å²) in [6.07, 6.45) is 0.121. The molecule has 0 spiro atoms. The summed E-state index contributed by atoms with van der Waals surface area (Å²) in [4.78, 5) is 24.7. The normalized spacial score (nSPS) is 12.0. The average molecular weight is 454 g/mol. The fourth-order valence-electron chi connectivity index (χ4n) is 2.42. The monoisotopic (exact) mass is 453 g/mol. The Hall–Kier alpha value is -2.43. The number of thioether (sulfide) groups is 1. The number of benzene rings is 1. The summed E-state index contributed by atoms with van der Waals surface area (Å²) in [6, 6.07) is 7.53. The van der Waals surface area contributed by atoms with Crippen molar-refractivity contribution in [1.82, 2.24) is 14.8 Å². The van der Waals surface area contributed by atoms with Crippen LogP contribution in [0.2, 0.25) is 5.02 Å². The van der Waals surface area contributed by atoms with Crippen LogP contribution >= 0.6 is 34.7 Å². The molecule has 7 nitrogen and oxygen atoms in total. The molecule has 3 aromatic rings. The van der Waals surface area contributed by atoms with Gasteiger partial charge in [-0.25, -0.2) is 4.39 Å². The standard InChI is InChI=1S/C18H17ClFN5O2S2/c1-10(17(27)22-13-5-4-11(20)9-12(13)19)29-18-24-23-16(14-3-2-8-28-14)25(18)7-6-15(21)26/h2-5,8-10H,6-7H2,1H3,(H2,21,26)(H,22,27). The van der Waals surface area contributed by atoms with E-state index in [0.29, 0.717) is 23.2 Å². The minimum absolute atomic E-state index is 0.111. The molecule has 152 valence electrons. The van der Waals surface area contributed by atoms with Gasteiger partial charge in [0.2, 0.25) is 11.8 Å². The first-order valence-corrected chi connectivity index (χ1v) is 10.7. The van der Waals surface area contributed by atoms with Crippen molar-refractivity contribution < 1.29 is 14.0 Å². The lowest BCUT2D eigenvalue weighted by atomic mass is 10.3. The quantitative estimate of drug-likeness (QED) is 0.505. The van der Waals surface area contributed by atoms with E-state index in [1.165, 1.54) is 35.2 Å². The van der Waals surface area contributed by atoms with Crippen LogP contribution in [-0.4, -0.2) is 31.8 Å². The molecular weight excluding hydrogens is 437 g/mol. The van der Waals surface area contributed by atoms with E-state index in [9.17, 15) is 14.0 Å². The molecule has 0 saturated heterocycles. The molecule has 0 saturated carbocycles. The molecule has 1 aromatic carbocycles. The van der Waals surface area contributed by atoms with Crippen LogP contribution in [0.1, 0.15) is 13.3 Å². The second kappa shape index (κ2) is 9.38. The maximum absolute atomic E-state index is 13.2. The van der Waals surface area contributed by atoms with Gasteiger partial charge >= 0.3 is 0 Å². The molecule has 1 unspecified atom stereocenters. The number of carbonyl (C=O) groups is 2. The van der Waals surface area contributed by atoms with E-state index in [4.69, 9.17) is 17.3 Å². The van der Waals surface area contributed by atoms with Gasteiger partial charge in [-0.15, -0.1) is 21.5 Å². The minimum Gasteiger partial charge on any atom is -0.370 e. The molecule has 0 fully saturated rings. The summed E-state index contributed by atoms with van der Waals surface area (Å²) in [5.41, 5.74) is 5.61. The van der Waals surface area contributed by atoms with E-state index in [1.807, 2.05) is 17.5 Å². The molecule has 11 heteroatoms. The number of rotatable bonds is 8. The van der Waals surface area contributed by atoms with Gasteiger partial charge in [-0.05, 0) is 36.6 Å². The molecular formula is C18H17ClFN5O2S2. The van der Waals surface area contributed by atoms with E-state index >= 15 is 0 Å². The van der Waals surface area contributed by atoms with Crippen molar-refractivity contribution in [3.05, 3.63) is 46.6 Å². The number of anilines is 1.